The van der Waals surface area contributed by atoms with Crippen LogP contribution in [0.1, 0.15) is 63.5 Å². The molecule has 4 rings (SSSR count). The van der Waals surface area contributed by atoms with Crippen molar-refractivity contribution in [1.82, 2.24) is 25.5 Å². The number of hydrogen-bond donors (Lipinski definition) is 4. The third-order valence-corrected chi connectivity index (χ3v) is 10.2. The lowest BCUT2D eigenvalue weighted by Crippen LogP contribution is -2.47. The first kappa shape index (κ1) is 33.6. The van der Waals surface area contributed by atoms with Gasteiger partial charge in [-0.15, -0.1) is 0 Å². The summed E-state index contributed by atoms with van der Waals surface area (Å²) in [5.41, 5.74) is 8.60. The summed E-state index contributed by atoms with van der Waals surface area (Å²) in [5, 5.41) is 10.6. The number of hydrogen-bond acceptors (Lipinski definition) is 11. The van der Waals surface area contributed by atoms with E-state index in [4.69, 9.17) is 19.8 Å². The summed E-state index contributed by atoms with van der Waals surface area (Å²) < 4.78 is 23.7. The van der Waals surface area contributed by atoms with Gasteiger partial charge in [-0.3, -0.25) is 9.46 Å². The van der Waals surface area contributed by atoms with Gasteiger partial charge in [-0.1, -0.05) is 43.5 Å². The molecular formula is C31H53N8O3P. The number of anilines is 3. The predicted octanol–water partition coefficient (Wildman–Crippen LogP) is 4.46. The van der Waals surface area contributed by atoms with Crippen molar-refractivity contribution in [2.45, 2.75) is 71.5 Å². The molecule has 11 nitrogen and oxygen atoms in total. The second kappa shape index (κ2) is 17.9. The first-order valence-electron chi connectivity index (χ1n) is 16.2. The number of aromatic nitrogens is 2. The normalized spacial score (nSPS) is 16.9. The lowest BCUT2D eigenvalue weighted by atomic mass is 9.95. The largest absolute Gasteiger partial charge is 0.383 e. The summed E-state index contributed by atoms with van der Waals surface area (Å²) in [5.74, 6) is 1.79. The van der Waals surface area contributed by atoms with Gasteiger partial charge in [-0.2, -0.15) is 9.97 Å². The lowest BCUT2D eigenvalue weighted by Gasteiger charge is -2.35. The van der Waals surface area contributed by atoms with E-state index in [1.165, 1.54) is 37.7 Å². The number of piperazine rings is 1. The van der Waals surface area contributed by atoms with E-state index in [1.54, 1.807) is 0 Å². The minimum Gasteiger partial charge on any atom is -0.383 e. The molecule has 1 aromatic heterocycles. The molecule has 2 fully saturated rings. The maximum Gasteiger partial charge on any atom is 0.331 e. The number of nitrogens with one attached hydrogen (secondary N) is 3. The molecule has 2 heterocycles. The Morgan fingerprint density at radius 2 is 1.60 bits per heavy atom. The van der Waals surface area contributed by atoms with Gasteiger partial charge in [0.05, 0.1) is 19.4 Å². The molecular weight excluding hydrogens is 563 g/mol. The molecule has 0 amide bonds. The summed E-state index contributed by atoms with van der Waals surface area (Å²) in [6, 6.07) is 11.2. The molecule has 0 unspecified atom stereocenters. The van der Waals surface area contributed by atoms with E-state index in [9.17, 15) is 4.57 Å². The van der Waals surface area contributed by atoms with Crippen LogP contribution in [0, 0.1) is 0 Å². The average molecular weight is 617 g/mol. The topological polar surface area (TPSA) is 130 Å². The average Bonchev–Trinajstić information content (AvgIpc) is 3.02. The Hall–Kier alpha value is -2.27. The van der Waals surface area contributed by atoms with E-state index in [-0.39, 0.29) is 0 Å². The molecule has 1 aliphatic heterocycles. The monoisotopic (exact) mass is 616 g/mol. The summed E-state index contributed by atoms with van der Waals surface area (Å²) in [7, 11) is -3.03. The molecule has 1 aromatic carbocycles. The van der Waals surface area contributed by atoms with Gasteiger partial charge < -0.3 is 35.6 Å². The SMILES string of the molecule is CCOP(=O)(CCN1CCN(c2cc(N)nc(NCc3ccc(CNCCCNC4CCCCC4)cc3)n2)CC1)OCC. The summed E-state index contributed by atoms with van der Waals surface area (Å²) >= 11 is 0. The number of nitrogens with two attached hydrogens (primary N) is 1. The second-order valence-electron chi connectivity index (χ2n) is 11.5. The van der Waals surface area contributed by atoms with Crippen LogP contribution in [0.15, 0.2) is 30.3 Å². The van der Waals surface area contributed by atoms with Gasteiger partial charge in [0, 0.05) is 57.9 Å². The van der Waals surface area contributed by atoms with Crippen molar-refractivity contribution in [3.8, 4) is 0 Å². The third-order valence-electron chi connectivity index (χ3n) is 8.14. The van der Waals surface area contributed by atoms with Crippen molar-refractivity contribution in [1.29, 1.82) is 0 Å². The van der Waals surface area contributed by atoms with Crippen LogP contribution in [0.5, 0.6) is 0 Å². The highest BCUT2D eigenvalue weighted by Gasteiger charge is 2.26. The Kier molecular flexibility index (Phi) is 14.0. The number of rotatable bonds is 18. The zero-order valence-electron chi connectivity index (χ0n) is 26.2. The van der Waals surface area contributed by atoms with Crippen molar-refractivity contribution in [3.05, 3.63) is 41.5 Å². The first-order valence-corrected chi connectivity index (χ1v) is 17.9. The van der Waals surface area contributed by atoms with Crippen molar-refractivity contribution >= 4 is 25.2 Å². The highest BCUT2D eigenvalue weighted by molar-refractivity contribution is 7.53. The van der Waals surface area contributed by atoms with E-state index in [0.29, 0.717) is 44.2 Å². The smallest absolute Gasteiger partial charge is 0.331 e. The van der Waals surface area contributed by atoms with Crippen molar-refractivity contribution in [3.63, 3.8) is 0 Å². The van der Waals surface area contributed by atoms with Crippen LogP contribution >= 0.6 is 7.60 Å². The van der Waals surface area contributed by atoms with Gasteiger partial charge >= 0.3 is 7.60 Å². The maximum absolute atomic E-state index is 12.8. The molecule has 43 heavy (non-hydrogen) atoms. The molecule has 0 radical (unpaired) electrons. The van der Waals surface area contributed by atoms with E-state index in [0.717, 1.165) is 69.7 Å². The van der Waals surface area contributed by atoms with Gasteiger partial charge in [0.15, 0.2) is 0 Å². The molecule has 2 aromatic rings. The highest BCUT2D eigenvalue weighted by Crippen LogP contribution is 2.47. The molecule has 240 valence electrons. The van der Waals surface area contributed by atoms with Crippen LogP contribution in [-0.4, -0.2) is 86.1 Å². The maximum atomic E-state index is 12.8. The van der Waals surface area contributed by atoms with Crippen LogP contribution in [0.25, 0.3) is 0 Å². The molecule has 12 heteroatoms. The Balaban J connectivity index is 1.16. The fourth-order valence-electron chi connectivity index (χ4n) is 5.73. The van der Waals surface area contributed by atoms with Gasteiger partial charge in [0.1, 0.15) is 11.6 Å². The van der Waals surface area contributed by atoms with Gasteiger partial charge in [0.2, 0.25) is 5.95 Å². The Bertz CT molecular complexity index is 1110. The van der Waals surface area contributed by atoms with Crippen LogP contribution in [0.4, 0.5) is 17.6 Å². The summed E-state index contributed by atoms with van der Waals surface area (Å²) in [6.07, 6.45) is 8.41. The molecule has 0 spiro atoms. The van der Waals surface area contributed by atoms with Gasteiger partial charge in [-0.25, -0.2) is 0 Å². The first-order chi connectivity index (χ1) is 21.0. The van der Waals surface area contributed by atoms with Crippen LogP contribution < -0.4 is 26.6 Å². The fraction of sp³-hybridized carbons (Fsp3) is 0.677. The second-order valence-corrected chi connectivity index (χ2v) is 13.6. The standard InChI is InChI=1S/C31H53N8O3P/c1-3-41-43(40,42-4-2)22-21-38-17-19-39(20-18-38)30-23-29(32)36-31(37-30)35-25-27-13-11-26(12-14-27)24-33-15-8-16-34-28-9-6-5-7-10-28/h11-14,23,28,33-34H,3-10,15-22,24-25H2,1-2H3,(H3,32,35,36,37). The quantitative estimate of drug-likeness (QED) is 0.140. The number of benzene rings is 1. The van der Waals surface area contributed by atoms with Crippen molar-refractivity contribution < 1.29 is 13.6 Å². The number of nitrogen functional groups attached to an aromatic ring is 1. The molecule has 1 saturated carbocycles. The van der Waals surface area contributed by atoms with Crippen molar-refractivity contribution in [2.24, 2.45) is 0 Å². The lowest BCUT2D eigenvalue weighted by molar-refractivity contribution is 0.209. The fourth-order valence-corrected chi connectivity index (χ4v) is 7.38. The Labute approximate surface area is 258 Å². The summed E-state index contributed by atoms with van der Waals surface area (Å²) in [4.78, 5) is 13.7. The zero-order chi connectivity index (χ0) is 30.3. The Morgan fingerprint density at radius 1 is 0.930 bits per heavy atom. The van der Waals surface area contributed by atoms with E-state index < -0.39 is 7.60 Å². The zero-order valence-corrected chi connectivity index (χ0v) is 27.1. The van der Waals surface area contributed by atoms with Crippen LogP contribution in [-0.2, 0) is 26.7 Å². The van der Waals surface area contributed by atoms with E-state index in [2.05, 4.69) is 55.0 Å². The predicted molar refractivity (Wildman–Crippen MR) is 176 cm³/mol. The van der Waals surface area contributed by atoms with Gasteiger partial charge in [0.25, 0.3) is 0 Å². The Morgan fingerprint density at radius 3 is 2.28 bits per heavy atom. The molecule has 0 atom stereocenters. The van der Waals surface area contributed by atoms with E-state index >= 15 is 0 Å². The highest BCUT2D eigenvalue weighted by atomic mass is 31.2. The molecule has 1 saturated heterocycles. The van der Waals surface area contributed by atoms with E-state index in [1.807, 2.05) is 19.9 Å². The van der Waals surface area contributed by atoms with Crippen LogP contribution in [0.3, 0.4) is 0 Å². The summed E-state index contributed by atoms with van der Waals surface area (Å²) in [6.45, 7) is 12.0. The van der Waals surface area contributed by atoms with Crippen LogP contribution in [0.2, 0.25) is 0 Å². The third kappa shape index (κ3) is 11.6. The minimum absolute atomic E-state index is 0.387. The number of nitrogens with zero attached hydrogens (tertiary/aromatic N) is 4. The van der Waals surface area contributed by atoms with Crippen molar-refractivity contribution in [2.75, 3.05) is 81.1 Å². The minimum atomic E-state index is -3.03. The van der Waals surface area contributed by atoms with Gasteiger partial charge in [-0.05, 0) is 57.3 Å². The molecule has 2 aliphatic rings. The molecule has 0 bridgehead atoms. The molecule has 5 N–H and O–H groups in total. The molecule has 1 aliphatic carbocycles.